The first-order chi connectivity index (χ1) is 12.6. The molecule has 0 spiro atoms. The summed E-state index contributed by atoms with van der Waals surface area (Å²) in [5.41, 5.74) is 1.76. The maximum atomic E-state index is 12.8. The number of imide groups is 1. The second-order valence-electron chi connectivity index (χ2n) is 6.08. The molecule has 1 aliphatic heterocycles. The topological polar surface area (TPSA) is 65.1 Å². The first kappa shape index (κ1) is 17.8. The first-order valence-electron chi connectivity index (χ1n) is 8.35. The Bertz CT molecular complexity index is 768. The van der Waals surface area contributed by atoms with Crippen LogP contribution in [0.4, 0.5) is 4.79 Å². The first-order valence-corrected chi connectivity index (χ1v) is 8.35. The van der Waals surface area contributed by atoms with Gasteiger partial charge in [-0.1, -0.05) is 30.3 Å². The Balaban J connectivity index is 1.76. The molecule has 1 aliphatic rings. The lowest BCUT2D eigenvalue weighted by molar-refractivity contribution is -0.128. The molecular formula is C20H21NO5. The van der Waals surface area contributed by atoms with Crippen LogP contribution in [0.15, 0.2) is 48.5 Å². The summed E-state index contributed by atoms with van der Waals surface area (Å²) in [7, 11) is 3.10. The Labute approximate surface area is 152 Å². The van der Waals surface area contributed by atoms with Crippen molar-refractivity contribution in [2.75, 3.05) is 20.8 Å². The van der Waals surface area contributed by atoms with Crippen molar-refractivity contribution in [1.82, 2.24) is 4.90 Å². The quantitative estimate of drug-likeness (QED) is 0.797. The van der Waals surface area contributed by atoms with Crippen molar-refractivity contribution in [2.24, 2.45) is 0 Å². The van der Waals surface area contributed by atoms with E-state index in [-0.39, 0.29) is 25.0 Å². The lowest BCUT2D eigenvalue weighted by Crippen LogP contribution is -2.41. The zero-order chi connectivity index (χ0) is 18.5. The van der Waals surface area contributed by atoms with Crippen LogP contribution in [0.3, 0.4) is 0 Å². The highest BCUT2D eigenvalue weighted by Gasteiger charge is 2.37. The molecule has 1 atom stereocenters. The Kier molecular flexibility index (Phi) is 5.41. The van der Waals surface area contributed by atoms with E-state index in [1.54, 1.807) is 32.4 Å². The molecule has 0 aliphatic carbocycles. The highest BCUT2D eigenvalue weighted by atomic mass is 16.6. The third kappa shape index (κ3) is 3.96. The maximum absolute atomic E-state index is 12.8. The van der Waals surface area contributed by atoms with Gasteiger partial charge in [0.1, 0.15) is 18.1 Å². The van der Waals surface area contributed by atoms with Gasteiger partial charge in [-0.25, -0.2) is 9.69 Å². The van der Waals surface area contributed by atoms with Crippen LogP contribution in [0.1, 0.15) is 11.1 Å². The van der Waals surface area contributed by atoms with Gasteiger partial charge in [-0.15, -0.1) is 0 Å². The summed E-state index contributed by atoms with van der Waals surface area (Å²) in [4.78, 5) is 26.1. The number of cyclic esters (lactones) is 1. The van der Waals surface area contributed by atoms with Crippen LogP contribution in [0.5, 0.6) is 11.5 Å². The van der Waals surface area contributed by atoms with Gasteiger partial charge in [0, 0.05) is 6.07 Å². The van der Waals surface area contributed by atoms with Crippen molar-refractivity contribution < 1.29 is 23.8 Å². The average molecular weight is 355 g/mol. The number of methoxy groups -OCH3 is 2. The van der Waals surface area contributed by atoms with E-state index < -0.39 is 6.09 Å². The summed E-state index contributed by atoms with van der Waals surface area (Å²) in [5, 5.41) is 0. The molecule has 0 radical (unpaired) electrons. The van der Waals surface area contributed by atoms with Gasteiger partial charge in [0.15, 0.2) is 0 Å². The van der Waals surface area contributed by atoms with Gasteiger partial charge < -0.3 is 14.2 Å². The summed E-state index contributed by atoms with van der Waals surface area (Å²) in [6.07, 6.45) is 0.0408. The molecule has 1 heterocycles. The maximum Gasteiger partial charge on any atom is 0.416 e. The van der Waals surface area contributed by atoms with E-state index in [4.69, 9.17) is 14.2 Å². The standard InChI is InChI=1S/C20H21NO5/c1-24-17-9-15(10-18(12-17)25-2)11-19(22)21-16(13-26-20(21)23)8-14-6-4-3-5-7-14/h3-7,9-10,12,16H,8,11,13H2,1-2H3. The predicted molar refractivity (Wildman–Crippen MR) is 95.4 cm³/mol. The second-order valence-corrected chi connectivity index (χ2v) is 6.08. The fraction of sp³-hybridized carbons (Fsp3) is 0.300. The summed E-state index contributed by atoms with van der Waals surface area (Å²) < 4.78 is 15.6. The van der Waals surface area contributed by atoms with Crippen molar-refractivity contribution in [3.63, 3.8) is 0 Å². The lowest BCUT2D eigenvalue weighted by atomic mass is 10.0. The number of hydrogen-bond donors (Lipinski definition) is 0. The number of rotatable bonds is 6. The largest absolute Gasteiger partial charge is 0.497 e. The van der Waals surface area contributed by atoms with Crippen LogP contribution < -0.4 is 9.47 Å². The van der Waals surface area contributed by atoms with Crippen LogP contribution in [0.2, 0.25) is 0 Å². The van der Waals surface area contributed by atoms with Crippen LogP contribution >= 0.6 is 0 Å². The van der Waals surface area contributed by atoms with Crippen molar-refractivity contribution in [3.05, 3.63) is 59.7 Å². The molecule has 26 heavy (non-hydrogen) atoms. The van der Waals surface area contributed by atoms with Gasteiger partial charge in [-0.2, -0.15) is 0 Å². The van der Waals surface area contributed by atoms with Gasteiger partial charge >= 0.3 is 6.09 Å². The minimum absolute atomic E-state index is 0.0634. The van der Waals surface area contributed by atoms with Crippen LogP contribution in [-0.4, -0.2) is 43.8 Å². The molecule has 2 aromatic rings. The molecule has 6 nitrogen and oxygen atoms in total. The molecule has 0 N–H and O–H groups in total. The van der Waals surface area contributed by atoms with E-state index in [0.29, 0.717) is 23.5 Å². The molecule has 3 rings (SSSR count). The number of amides is 2. The molecule has 0 bridgehead atoms. The number of carbonyl (C=O) groups excluding carboxylic acids is 2. The van der Waals surface area contributed by atoms with Gasteiger partial charge in [0.05, 0.1) is 26.7 Å². The Morgan fingerprint density at radius 1 is 1.08 bits per heavy atom. The predicted octanol–water partition coefficient (Wildman–Crippen LogP) is 2.84. The van der Waals surface area contributed by atoms with Crippen molar-refractivity contribution in [1.29, 1.82) is 0 Å². The van der Waals surface area contributed by atoms with E-state index in [2.05, 4.69) is 0 Å². The fourth-order valence-electron chi connectivity index (χ4n) is 3.03. The molecule has 6 heteroatoms. The van der Waals surface area contributed by atoms with Crippen molar-refractivity contribution >= 4 is 12.0 Å². The normalized spacial score (nSPS) is 16.3. The van der Waals surface area contributed by atoms with Gasteiger partial charge in [0.25, 0.3) is 0 Å². The van der Waals surface area contributed by atoms with E-state index >= 15 is 0 Å². The molecule has 1 unspecified atom stereocenters. The molecule has 136 valence electrons. The molecule has 0 aromatic heterocycles. The highest BCUT2D eigenvalue weighted by molar-refractivity contribution is 5.94. The number of carbonyl (C=O) groups is 2. The molecular weight excluding hydrogens is 334 g/mol. The number of hydrogen-bond acceptors (Lipinski definition) is 5. The molecule has 2 amide bonds. The molecule has 0 saturated carbocycles. The second kappa shape index (κ2) is 7.91. The van der Waals surface area contributed by atoms with Gasteiger partial charge in [-0.3, -0.25) is 4.79 Å². The minimum Gasteiger partial charge on any atom is -0.497 e. The van der Waals surface area contributed by atoms with Crippen molar-refractivity contribution in [2.45, 2.75) is 18.9 Å². The van der Waals surface area contributed by atoms with Crippen molar-refractivity contribution in [3.8, 4) is 11.5 Å². The van der Waals surface area contributed by atoms with Gasteiger partial charge in [0.2, 0.25) is 5.91 Å². The summed E-state index contributed by atoms with van der Waals surface area (Å²) >= 11 is 0. The number of nitrogens with zero attached hydrogens (tertiary/aromatic N) is 1. The fourth-order valence-corrected chi connectivity index (χ4v) is 3.03. The number of benzene rings is 2. The summed E-state index contributed by atoms with van der Waals surface area (Å²) in [6, 6.07) is 14.7. The molecule has 2 aromatic carbocycles. The van der Waals surface area contributed by atoms with Crippen LogP contribution in [0.25, 0.3) is 0 Å². The average Bonchev–Trinajstić information content (AvgIpc) is 3.02. The zero-order valence-corrected chi connectivity index (χ0v) is 14.8. The third-order valence-electron chi connectivity index (χ3n) is 4.31. The SMILES string of the molecule is COc1cc(CC(=O)N2C(=O)OCC2Cc2ccccc2)cc(OC)c1. The molecule has 1 fully saturated rings. The summed E-state index contributed by atoms with van der Waals surface area (Å²) in [5.74, 6) is 0.887. The van der Waals surface area contributed by atoms with Crippen LogP contribution in [-0.2, 0) is 22.4 Å². The third-order valence-corrected chi connectivity index (χ3v) is 4.31. The Morgan fingerprint density at radius 2 is 1.73 bits per heavy atom. The monoisotopic (exact) mass is 355 g/mol. The molecule has 1 saturated heterocycles. The van der Waals surface area contributed by atoms with E-state index in [9.17, 15) is 9.59 Å². The van der Waals surface area contributed by atoms with E-state index in [1.807, 2.05) is 30.3 Å². The van der Waals surface area contributed by atoms with E-state index in [0.717, 1.165) is 5.56 Å². The number of ether oxygens (including phenoxy) is 3. The Hall–Kier alpha value is -3.02. The Morgan fingerprint density at radius 3 is 2.35 bits per heavy atom. The lowest BCUT2D eigenvalue weighted by Gasteiger charge is -2.20. The van der Waals surface area contributed by atoms with Crippen LogP contribution in [0, 0.1) is 0 Å². The van der Waals surface area contributed by atoms with Gasteiger partial charge in [-0.05, 0) is 29.7 Å². The summed E-state index contributed by atoms with van der Waals surface area (Å²) in [6.45, 7) is 0.209. The van der Waals surface area contributed by atoms with E-state index in [1.165, 1.54) is 4.90 Å². The minimum atomic E-state index is -0.592. The highest BCUT2D eigenvalue weighted by Crippen LogP contribution is 2.24. The zero-order valence-electron chi connectivity index (χ0n) is 14.8. The smallest absolute Gasteiger partial charge is 0.416 e.